The average molecular weight is 217 g/mol. The fraction of sp³-hybridized carbons (Fsp3) is 0.308. The molecule has 1 aromatic carbocycles. The van der Waals surface area contributed by atoms with Gasteiger partial charge < -0.3 is 9.47 Å². The fourth-order valence-electron chi connectivity index (χ4n) is 1.34. The third-order valence-corrected chi connectivity index (χ3v) is 1.99. The molecule has 0 atom stereocenters. The van der Waals surface area contributed by atoms with Crippen molar-refractivity contribution < 1.29 is 9.47 Å². The van der Waals surface area contributed by atoms with E-state index in [0.717, 1.165) is 11.3 Å². The van der Waals surface area contributed by atoms with E-state index in [1.165, 1.54) is 0 Å². The summed E-state index contributed by atoms with van der Waals surface area (Å²) in [6.07, 6.45) is 1.79. The number of nitrogens with zero attached hydrogens (tertiary/aromatic N) is 1. The lowest BCUT2D eigenvalue weighted by Gasteiger charge is -2.06. The highest BCUT2D eigenvalue weighted by Gasteiger charge is 2.01. The van der Waals surface area contributed by atoms with Gasteiger partial charge in [0.2, 0.25) is 0 Å². The molecule has 16 heavy (non-hydrogen) atoms. The molecule has 0 N–H and O–H groups in total. The zero-order valence-electron chi connectivity index (χ0n) is 9.56. The van der Waals surface area contributed by atoms with E-state index < -0.39 is 0 Å². The molecule has 0 unspecified atom stereocenters. The van der Waals surface area contributed by atoms with Gasteiger partial charge in [-0.25, -0.2) is 0 Å². The summed E-state index contributed by atoms with van der Waals surface area (Å²) in [5, 5.41) is 8.90. The fourth-order valence-corrected chi connectivity index (χ4v) is 1.34. The molecule has 0 saturated carbocycles. The molecule has 0 radical (unpaired) electrons. The van der Waals surface area contributed by atoms with E-state index in [9.17, 15) is 0 Å². The summed E-state index contributed by atoms with van der Waals surface area (Å²) in [5.41, 5.74) is 1.48. The molecule has 0 bridgehead atoms. The van der Waals surface area contributed by atoms with Gasteiger partial charge in [-0.1, -0.05) is 18.2 Å². The van der Waals surface area contributed by atoms with Gasteiger partial charge in [0.25, 0.3) is 0 Å². The number of nitriles is 1. The molecular formula is C13H15NO2. The Morgan fingerprint density at radius 2 is 2.19 bits per heavy atom. The molecule has 1 aromatic rings. The summed E-state index contributed by atoms with van der Waals surface area (Å²) in [5.74, 6) is 0.786. The van der Waals surface area contributed by atoms with Crippen LogP contribution in [0.5, 0.6) is 5.75 Å². The number of hydrogen-bond acceptors (Lipinski definition) is 3. The largest absolute Gasteiger partial charge is 0.493 e. The summed E-state index contributed by atoms with van der Waals surface area (Å²) in [6, 6.07) is 9.72. The molecular weight excluding hydrogens is 202 g/mol. The maximum Gasteiger partial charge on any atom is 0.126 e. The molecule has 0 aliphatic carbocycles. The van der Waals surface area contributed by atoms with Crippen LogP contribution in [0.4, 0.5) is 0 Å². The molecule has 0 amide bonds. The van der Waals surface area contributed by atoms with Gasteiger partial charge in [-0.2, -0.15) is 5.26 Å². The first kappa shape index (κ1) is 12.3. The third-order valence-electron chi connectivity index (χ3n) is 1.99. The van der Waals surface area contributed by atoms with Crippen molar-refractivity contribution in [3.63, 3.8) is 0 Å². The van der Waals surface area contributed by atoms with Gasteiger partial charge >= 0.3 is 0 Å². The minimum atomic E-state index is 0.316. The van der Waals surface area contributed by atoms with Gasteiger partial charge in [-0.15, -0.1) is 0 Å². The Kier molecular flexibility index (Phi) is 5.10. The van der Waals surface area contributed by atoms with Crippen molar-refractivity contribution in [2.45, 2.75) is 6.92 Å². The zero-order chi connectivity index (χ0) is 11.8. The number of methoxy groups -OCH3 is 1. The summed E-state index contributed by atoms with van der Waals surface area (Å²) in [4.78, 5) is 0. The normalized spacial score (nSPS) is 10.9. The molecule has 0 aromatic heterocycles. The lowest BCUT2D eigenvalue weighted by Crippen LogP contribution is -1.95. The second-order valence-corrected chi connectivity index (χ2v) is 3.19. The van der Waals surface area contributed by atoms with Crippen LogP contribution in [0.2, 0.25) is 0 Å². The van der Waals surface area contributed by atoms with Crippen LogP contribution in [0, 0.1) is 11.3 Å². The molecule has 3 nitrogen and oxygen atoms in total. The van der Waals surface area contributed by atoms with Crippen LogP contribution >= 0.6 is 0 Å². The number of para-hydroxylation sites is 1. The molecule has 0 spiro atoms. The summed E-state index contributed by atoms with van der Waals surface area (Å²) in [6.45, 7) is 2.86. The van der Waals surface area contributed by atoms with Crippen molar-refractivity contribution in [2.24, 2.45) is 0 Å². The van der Waals surface area contributed by atoms with Gasteiger partial charge in [-0.3, -0.25) is 0 Å². The first-order chi connectivity index (χ1) is 7.81. The van der Waals surface area contributed by atoms with Crippen LogP contribution in [0.15, 0.2) is 29.8 Å². The van der Waals surface area contributed by atoms with E-state index in [1.54, 1.807) is 13.2 Å². The van der Waals surface area contributed by atoms with Crippen molar-refractivity contribution in [1.29, 1.82) is 5.26 Å². The molecule has 3 heteroatoms. The molecule has 1 rings (SSSR count). The van der Waals surface area contributed by atoms with Crippen LogP contribution in [0.3, 0.4) is 0 Å². The predicted octanol–water partition coefficient (Wildman–Crippen LogP) is 2.64. The summed E-state index contributed by atoms with van der Waals surface area (Å²) in [7, 11) is 1.57. The number of ether oxygens (including phenoxy) is 2. The standard InChI is InChI=1S/C13H15NO2/c1-3-16-13-7-5-4-6-12(13)8-11(9-14)10-15-2/h4-8H,3,10H2,1-2H3/b11-8-. The molecule has 0 fully saturated rings. The van der Waals surface area contributed by atoms with E-state index in [1.807, 2.05) is 31.2 Å². The first-order valence-electron chi connectivity index (χ1n) is 5.13. The monoisotopic (exact) mass is 217 g/mol. The second-order valence-electron chi connectivity index (χ2n) is 3.19. The van der Waals surface area contributed by atoms with Crippen LogP contribution in [-0.2, 0) is 4.74 Å². The number of benzene rings is 1. The van der Waals surface area contributed by atoms with E-state index in [2.05, 4.69) is 6.07 Å². The smallest absolute Gasteiger partial charge is 0.126 e. The quantitative estimate of drug-likeness (QED) is 0.712. The minimum absolute atomic E-state index is 0.316. The topological polar surface area (TPSA) is 42.2 Å². The first-order valence-corrected chi connectivity index (χ1v) is 5.13. The SMILES string of the molecule is CCOc1ccccc1/C=C(/C#N)COC. The van der Waals surface area contributed by atoms with E-state index >= 15 is 0 Å². The van der Waals surface area contributed by atoms with Crippen molar-refractivity contribution in [2.75, 3.05) is 20.3 Å². The van der Waals surface area contributed by atoms with Gasteiger partial charge in [0, 0.05) is 12.7 Å². The van der Waals surface area contributed by atoms with Crippen molar-refractivity contribution in [1.82, 2.24) is 0 Å². The Balaban J connectivity index is 2.98. The van der Waals surface area contributed by atoms with E-state index in [0.29, 0.717) is 18.8 Å². The molecule has 84 valence electrons. The van der Waals surface area contributed by atoms with E-state index in [4.69, 9.17) is 14.7 Å². The highest BCUT2D eigenvalue weighted by molar-refractivity contribution is 5.62. The van der Waals surface area contributed by atoms with E-state index in [-0.39, 0.29) is 0 Å². The third kappa shape index (κ3) is 3.41. The van der Waals surface area contributed by atoms with Crippen molar-refractivity contribution in [3.8, 4) is 11.8 Å². The van der Waals surface area contributed by atoms with Crippen molar-refractivity contribution in [3.05, 3.63) is 35.4 Å². The van der Waals surface area contributed by atoms with Crippen molar-refractivity contribution >= 4 is 6.08 Å². The zero-order valence-corrected chi connectivity index (χ0v) is 9.56. The summed E-state index contributed by atoms with van der Waals surface area (Å²) >= 11 is 0. The lowest BCUT2D eigenvalue weighted by atomic mass is 10.1. The maximum absolute atomic E-state index is 8.90. The Hall–Kier alpha value is -1.79. The highest BCUT2D eigenvalue weighted by atomic mass is 16.5. The molecule has 0 aliphatic rings. The van der Waals surface area contributed by atoms with Crippen LogP contribution < -0.4 is 4.74 Å². The molecule has 0 aliphatic heterocycles. The van der Waals surface area contributed by atoms with Gasteiger partial charge in [0.15, 0.2) is 0 Å². The lowest BCUT2D eigenvalue weighted by molar-refractivity contribution is 0.229. The van der Waals surface area contributed by atoms with Crippen LogP contribution in [0.25, 0.3) is 6.08 Å². The Morgan fingerprint density at radius 3 is 2.81 bits per heavy atom. The number of rotatable bonds is 5. The Bertz CT molecular complexity index is 405. The minimum Gasteiger partial charge on any atom is -0.493 e. The van der Waals surface area contributed by atoms with Gasteiger partial charge in [-0.05, 0) is 19.1 Å². The Morgan fingerprint density at radius 1 is 1.44 bits per heavy atom. The Labute approximate surface area is 95.9 Å². The predicted molar refractivity (Wildman–Crippen MR) is 63.1 cm³/mol. The molecule has 0 heterocycles. The highest BCUT2D eigenvalue weighted by Crippen LogP contribution is 2.20. The van der Waals surface area contributed by atoms with Crippen LogP contribution in [0.1, 0.15) is 12.5 Å². The number of hydrogen-bond donors (Lipinski definition) is 0. The van der Waals surface area contributed by atoms with Gasteiger partial charge in [0.1, 0.15) is 5.75 Å². The maximum atomic E-state index is 8.90. The van der Waals surface area contributed by atoms with Crippen LogP contribution in [-0.4, -0.2) is 20.3 Å². The van der Waals surface area contributed by atoms with Gasteiger partial charge in [0.05, 0.1) is 24.9 Å². The summed E-state index contributed by atoms with van der Waals surface area (Å²) < 4.78 is 10.4. The molecule has 0 saturated heterocycles. The average Bonchev–Trinajstić information content (AvgIpc) is 2.31. The second kappa shape index (κ2) is 6.65.